The van der Waals surface area contributed by atoms with E-state index in [1.165, 1.54) is 13.2 Å². The predicted octanol–water partition coefficient (Wildman–Crippen LogP) is 3.30. The third kappa shape index (κ3) is 2.94. The smallest absolute Gasteiger partial charge is 0.274 e. The Labute approximate surface area is 132 Å². The Hall–Kier alpha value is -3.08. The van der Waals surface area contributed by atoms with E-state index in [1.807, 2.05) is 25.1 Å². The van der Waals surface area contributed by atoms with Gasteiger partial charge in [0.25, 0.3) is 5.56 Å². The fourth-order valence-corrected chi connectivity index (χ4v) is 2.38. The molecular formula is C18H16N2O3. The number of nitrogens with zero attached hydrogens (tertiary/aromatic N) is 1. The van der Waals surface area contributed by atoms with E-state index in [0.717, 1.165) is 5.56 Å². The molecule has 0 unspecified atom stereocenters. The molecule has 23 heavy (non-hydrogen) atoms. The van der Waals surface area contributed by atoms with Crippen LogP contribution in [0.3, 0.4) is 0 Å². The van der Waals surface area contributed by atoms with Crippen molar-refractivity contribution in [2.75, 3.05) is 7.11 Å². The maximum atomic E-state index is 12.2. The summed E-state index contributed by atoms with van der Waals surface area (Å²) in [5.41, 5.74) is 2.66. The molecule has 0 saturated carbocycles. The van der Waals surface area contributed by atoms with E-state index in [9.17, 15) is 9.90 Å². The van der Waals surface area contributed by atoms with Crippen molar-refractivity contribution in [3.05, 3.63) is 69.6 Å². The summed E-state index contributed by atoms with van der Waals surface area (Å²) in [6.45, 7) is 1.94. The average Bonchev–Trinajstić information content (AvgIpc) is 2.55. The van der Waals surface area contributed by atoms with Gasteiger partial charge in [-0.15, -0.1) is 0 Å². The summed E-state index contributed by atoms with van der Waals surface area (Å²) in [7, 11) is 1.52. The van der Waals surface area contributed by atoms with Crippen LogP contribution >= 0.6 is 0 Å². The van der Waals surface area contributed by atoms with Gasteiger partial charge in [-0.25, -0.2) is 4.98 Å². The number of hydrogen-bond donors (Lipinski definition) is 2. The minimum absolute atomic E-state index is 0.0769. The van der Waals surface area contributed by atoms with E-state index >= 15 is 0 Å². The van der Waals surface area contributed by atoms with Crippen molar-refractivity contribution in [1.82, 2.24) is 9.97 Å². The Kier molecular flexibility index (Phi) is 3.85. The number of benzene rings is 2. The van der Waals surface area contributed by atoms with Crippen LogP contribution in [0.5, 0.6) is 5.75 Å². The summed E-state index contributed by atoms with van der Waals surface area (Å²) in [5, 5.41) is 10.3. The number of aromatic nitrogens is 2. The number of aliphatic hydroxyl groups is 1. The first-order valence-corrected chi connectivity index (χ1v) is 7.13. The normalized spacial score (nSPS) is 11.7. The van der Waals surface area contributed by atoms with Crippen molar-refractivity contribution in [3.63, 3.8) is 0 Å². The third-order valence-corrected chi connectivity index (χ3v) is 3.53. The molecule has 0 fully saturated rings. The predicted molar refractivity (Wildman–Crippen MR) is 90.6 cm³/mol. The van der Waals surface area contributed by atoms with Crippen molar-refractivity contribution in [1.29, 1.82) is 0 Å². The van der Waals surface area contributed by atoms with Crippen molar-refractivity contribution in [3.8, 4) is 5.75 Å². The van der Waals surface area contributed by atoms with Gasteiger partial charge in [0.2, 0.25) is 0 Å². The minimum Gasteiger partial charge on any atom is -0.507 e. The van der Waals surface area contributed by atoms with Crippen LogP contribution in [0.4, 0.5) is 0 Å². The molecule has 0 aliphatic carbocycles. The largest absolute Gasteiger partial charge is 0.507 e. The molecule has 1 aromatic heterocycles. The zero-order valence-corrected chi connectivity index (χ0v) is 12.8. The second kappa shape index (κ2) is 5.96. The second-order valence-corrected chi connectivity index (χ2v) is 5.20. The van der Waals surface area contributed by atoms with E-state index in [1.54, 1.807) is 24.3 Å². The SMILES string of the molecule is COc1ccccc1C(O)=Cc1nc2ccc(C)cc2[nH]c1=O. The summed E-state index contributed by atoms with van der Waals surface area (Å²) in [5.74, 6) is 0.445. The molecule has 2 aromatic carbocycles. The highest BCUT2D eigenvalue weighted by Gasteiger charge is 2.09. The van der Waals surface area contributed by atoms with Gasteiger partial charge in [0.05, 0.1) is 23.7 Å². The molecule has 5 heteroatoms. The van der Waals surface area contributed by atoms with Crippen LogP contribution in [-0.2, 0) is 0 Å². The number of methoxy groups -OCH3 is 1. The monoisotopic (exact) mass is 308 g/mol. The van der Waals surface area contributed by atoms with E-state index < -0.39 is 0 Å². The van der Waals surface area contributed by atoms with E-state index in [2.05, 4.69) is 9.97 Å². The fraction of sp³-hybridized carbons (Fsp3) is 0.111. The first kappa shape index (κ1) is 14.8. The molecule has 116 valence electrons. The maximum absolute atomic E-state index is 12.2. The summed E-state index contributed by atoms with van der Waals surface area (Å²) >= 11 is 0. The molecule has 5 nitrogen and oxygen atoms in total. The van der Waals surface area contributed by atoms with Crippen LogP contribution in [0.25, 0.3) is 22.9 Å². The lowest BCUT2D eigenvalue weighted by Gasteiger charge is -2.07. The van der Waals surface area contributed by atoms with Crippen molar-refractivity contribution in [2.45, 2.75) is 6.92 Å². The molecule has 2 N–H and O–H groups in total. The van der Waals surface area contributed by atoms with Crippen molar-refractivity contribution < 1.29 is 9.84 Å². The lowest BCUT2D eigenvalue weighted by atomic mass is 10.1. The number of aliphatic hydroxyl groups excluding tert-OH is 1. The van der Waals surface area contributed by atoms with Crippen LogP contribution in [0.2, 0.25) is 0 Å². The molecule has 0 aliphatic rings. The fourth-order valence-electron chi connectivity index (χ4n) is 2.38. The summed E-state index contributed by atoms with van der Waals surface area (Å²) in [4.78, 5) is 19.3. The van der Waals surface area contributed by atoms with Crippen LogP contribution in [-0.4, -0.2) is 22.2 Å². The number of rotatable bonds is 3. The number of H-pyrrole nitrogens is 1. The molecule has 0 aliphatic heterocycles. The number of ether oxygens (including phenoxy) is 1. The standard InChI is InChI=1S/C18H16N2O3/c1-11-7-8-13-14(9-11)20-18(22)15(19-13)10-16(21)12-5-3-4-6-17(12)23-2/h3-10,21H,1-2H3,(H,20,22). The number of hydrogen-bond acceptors (Lipinski definition) is 4. The van der Waals surface area contributed by atoms with Gasteiger partial charge in [0.15, 0.2) is 0 Å². The van der Waals surface area contributed by atoms with E-state index in [4.69, 9.17) is 4.74 Å². The Bertz CT molecular complexity index is 958. The van der Waals surface area contributed by atoms with E-state index in [-0.39, 0.29) is 17.0 Å². The molecular weight excluding hydrogens is 292 g/mol. The van der Waals surface area contributed by atoms with Crippen LogP contribution in [0.15, 0.2) is 47.3 Å². The molecule has 0 saturated heterocycles. The maximum Gasteiger partial charge on any atom is 0.274 e. The van der Waals surface area contributed by atoms with Gasteiger partial charge < -0.3 is 14.8 Å². The van der Waals surface area contributed by atoms with Gasteiger partial charge in [-0.1, -0.05) is 18.2 Å². The zero-order valence-electron chi connectivity index (χ0n) is 12.8. The number of para-hydroxylation sites is 1. The van der Waals surface area contributed by atoms with Crippen molar-refractivity contribution >= 4 is 22.9 Å². The Morgan fingerprint density at radius 1 is 1.26 bits per heavy atom. The zero-order chi connectivity index (χ0) is 16.4. The highest BCUT2D eigenvalue weighted by molar-refractivity contribution is 5.81. The molecule has 1 heterocycles. The molecule has 3 aromatic rings. The summed E-state index contributed by atoms with van der Waals surface area (Å²) < 4.78 is 5.21. The highest BCUT2D eigenvalue weighted by atomic mass is 16.5. The Morgan fingerprint density at radius 3 is 2.83 bits per heavy atom. The molecule has 0 bridgehead atoms. The van der Waals surface area contributed by atoms with Gasteiger partial charge in [-0.3, -0.25) is 4.79 Å². The lowest BCUT2D eigenvalue weighted by Crippen LogP contribution is -2.12. The quantitative estimate of drug-likeness (QED) is 0.728. The third-order valence-electron chi connectivity index (χ3n) is 3.53. The van der Waals surface area contributed by atoms with E-state index in [0.29, 0.717) is 22.3 Å². The van der Waals surface area contributed by atoms with Crippen LogP contribution in [0.1, 0.15) is 16.8 Å². The first-order chi connectivity index (χ1) is 11.1. The first-order valence-electron chi connectivity index (χ1n) is 7.13. The number of aromatic amines is 1. The Balaban J connectivity index is 2.11. The molecule has 0 spiro atoms. The lowest BCUT2D eigenvalue weighted by molar-refractivity contribution is 0.409. The van der Waals surface area contributed by atoms with Gasteiger partial charge in [-0.2, -0.15) is 0 Å². The molecule has 0 radical (unpaired) electrons. The average molecular weight is 308 g/mol. The molecule has 3 rings (SSSR count). The Morgan fingerprint density at radius 2 is 2.04 bits per heavy atom. The van der Waals surface area contributed by atoms with Crippen LogP contribution < -0.4 is 10.3 Å². The minimum atomic E-state index is -0.357. The molecule has 0 amide bonds. The van der Waals surface area contributed by atoms with Gasteiger partial charge >= 0.3 is 0 Å². The topological polar surface area (TPSA) is 75.2 Å². The van der Waals surface area contributed by atoms with Gasteiger partial charge in [0, 0.05) is 6.08 Å². The number of fused-ring (bicyclic) bond motifs is 1. The number of aryl methyl sites for hydroxylation is 1. The van der Waals surface area contributed by atoms with Crippen LogP contribution in [0, 0.1) is 6.92 Å². The summed E-state index contributed by atoms with van der Waals surface area (Å²) in [6.07, 6.45) is 1.34. The highest BCUT2D eigenvalue weighted by Crippen LogP contribution is 2.24. The van der Waals surface area contributed by atoms with Gasteiger partial charge in [-0.05, 0) is 36.8 Å². The van der Waals surface area contributed by atoms with Gasteiger partial charge in [0.1, 0.15) is 17.2 Å². The summed E-state index contributed by atoms with van der Waals surface area (Å²) in [6, 6.07) is 12.6. The molecule has 0 atom stereocenters. The van der Waals surface area contributed by atoms with Crippen molar-refractivity contribution in [2.24, 2.45) is 0 Å². The second-order valence-electron chi connectivity index (χ2n) is 5.20. The number of nitrogens with one attached hydrogen (secondary N) is 1.